The fraction of sp³-hybridized carbons (Fsp3) is 0.500. The fourth-order valence-corrected chi connectivity index (χ4v) is 1.97. The highest BCUT2D eigenvalue weighted by molar-refractivity contribution is 9.09. The summed E-state index contributed by atoms with van der Waals surface area (Å²) in [7, 11) is 0. The molecule has 16 heavy (non-hydrogen) atoms. The van der Waals surface area contributed by atoms with Crippen LogP contribution in [0.2, 0.25) is 0 Å². The zero-order chi connectivity index (χ0) is 12.0. The molecule has 0 aliphatic heterocycles. The molecule has 4 heteroatoms. The smallest absolute Gasteiger partial charge is 0.105 e. The zero-order valence-electron chi connectivity index (χ0n) is 9.01. The highest BCUT2D eigenvalue weighted by Gasteiger charge is 2.17. The standard InChI is InChI=1S/C12H17BrO3/c13-7-5-11(15)12(16)10-3-1-9(2-4-10)6-8-14/h1-4,11-12,14-16H,5-8H2. The van der Waals surface area contributed by atoms with Gasteiger partial charge in [-0.25, -0.2) is 0 Å². The quantitative estimate of drug-likeness (QED) is 0.694. The van der Waals surface area contributed by atoms with Crippen LogP contribution in [0, 0.1) is 0 Å². The summed E-state index contributed by atoms with van der Waals surface area (Å²) in [5, 5.41) is 28.9. The van der Waals surface area contributed by atoms with Crippen molar-refractivity contribution >= 4 is 15.9 Å². The lowest BCUT2D eigenvalue weighted by Gasteiger charge is -2.17. The molecule has 3 nitrogen and oxygen atoms in total. The number of benzene rings is 1. The van der Waals surface area contributed by atoms with Crippen molar-refractivity contribution in [2.45, 2.75) is 25.0 Å². The van der Waals surface area contributed by atoms with Gasteiger partial charge in [0.2, 0.25) is 0 Å². The molecule has 1 aromatic carbocycles. The first-order valence-electron chi connectivity index (χ1n) is 5.31. The summed E-state index contributed by atoms with van der Waals surface area (Å²) in [5.41, 5.74) is 1.73. The molecule has 0 bridgehead atoms. The van der Waals surface area contributed by atoms with Gasteiger partial charge < -0.3 is 15.3 Å². The highest BCUT2D eigenvalue weighted by atomic mass is 79.9. The minimum absolute atomic E-state index is 0.119. The largest absolute Gasteiger partial charge is 0.396 e. The van der Waals surface area contributed by atoms with Crippen molar-refractivity contribution in [1.29, 1.82) is 0 Å². The van der Waals surface area contributed by atoms with Crippen LogP contribution >= 0.6 is 15.9 Å². The molecule has 0 amide bonds. The van der Waals surface area contributed by atoms with Crippen LogP contribution in [0.1, 0.15) is 23.7 Å². The average molecular weight is 289 g/mol. The molecule has 1 rings (SSSR count). The second kappa shape index (κ2) is 7.01. The second-order valence-corrected chi connectivity index (χ2v) is 4.50. The van der Waals surface area contributed by atoms with Crippen molar-refractivity contribution in [2.24, 2.45) is 0 Å². The molecule has 0 spiro atoms. The SMILES string of the molecule is OCCc1ccc(C(O)C(O)CCBr)cc1. The van der Waals surface area contributed by atoms with E-state index in [1.54, 1.807) is 12.1 Å². The van der Waals surface area contributed by atoms with Crippen molar-refractivity contribution in [2.75, 3.05) is 11.9 Å². The molecule has 0 saturated carbocycles. The third-order valence-electron chi connectivity index (χ3n) is 2.49. The molecular formula is C12H17BrO3. The predicted molar refractivity (Wildman–Crippen MR) is 66.6 cm³/mol. The summed E-state index contributed by atoms with van der Waals surface area (Å²) in [6.45, 7) is 0.119. The summed E-state index contributed by atoms with van der Waals surface area (Å²) in [6.07, 6.45) is -0.469. The minimum atomic E-state index is -0.847. The molecule has 90 valence electrons. The lowest BCUT2D eigenvalue weighted by Crippen LogP contribution is -2.18. The van der Waals surface area contributed by atoms with Gasteiger partial charge in [-0.1, -0.05) is 40.2 Å². The maximum Gasteiger partial charge on any atom is 0.105 e. The summed E-state index contributed by atoms with van der Waals surface area (Å²) in [4.78, 5) is 0. The van der Waals surface area contributed by atoms with Crippen LogP contribution in [0.5, 0.6) is 0 Å². The van der Waals surface area contributed by atoms with Gasteiger partial charge >= 0.3 is 0 Å². The van der Waals surface area contributed by atoms with E-state index in [1.807, 2.05) is 12.1 Å². The second-order valence-electron chi connectivity index (χ2n) is 3.71. The van der Waals surface area contributed by atoms with Crippen LogP contribution in [0.15, 0.2) is 24.3 Å². The Hall–Kier alpha value is -0.420. The van der Waals surface area contributed by atoms with Crippen LogP contribution in [-0.2, 0) is 6.42 Å². The highest BCUT2D eigenvalue weighted by Crippen LogP contribution is 2.20. The maximum absolute atomic E-state index is 9.82. The Morgan fingerprint density at radius 2 is 1.75 bits per heavy atom. The molecule has 2 unspecified atom stereocenters. The Balaban J connectivity index is 2.65. The topological polar surface area (TPSA) is 60.7 Å². The van der Waals surface area contributed by atoms with Gasteiger partial charge in [-0.15, -0.1) is 0 Å². The molecule has 3 N–H and O–H groups in total. The minimum Gasteiger partial charge on any atom is -0.396 e. The summed E-state index contributed by atoms with van der Waals surface area (Å²) in [6, 6.07) is 7.28. The number of aliphatic hydroxyl groups is 3. The first-order valence-corrected chi connectivity index (χ1v) is 6.43. The van der Waals surface area contributed by atoms with Crippen LogP contribution in [0.4, 0.5) is 0 Å². The third-order valence-corrected chi connectivity index (χ3v) is 2.95. The predicted octanol–water partition coefficient (Wildman–Crippen LogP) is 1.40. The Morgan fingerprint density at radius 1 is 1.12 bits per heavy atom. The molecule has 0 saturated heterocycles. The van der Waals surface area contributed by atoms with Crippen LogP contribution in [0.25, 0.3) is 0 Å². The van der Waals surface area contributed by atoms with Crippen LogP contribution in [0.3, 0.4) is 0 Å². The van der Waals surface area contributed by atoms with Gasteiger partial charge in [0.1, 0.15) is 6.10 Å². The number of rotatable bonds is 6. The van der Waals surface area contributed by atoms with E-state index < -0.39 is 12.2 Å². The Labute approximate surface area is 104 Å². The molecule has 0 radical (unpaired) electrons. The van der Waals surface area contributed by atoms with Crippen LogP contribution < -0.4 is 0 Å². The normalized spacial score (nSPS) is 14.8. The van der Waals surface area contributed by atoms with Crippen molar-refractivity contribution in [1.82, 2.24) is 0 Å². The molecule has 0 aliphatic carbocycles. The van der Waals surface area contributed by atoms with Gasteiger partial charge in [0.25, 0.3) is 0 Å². The van der Waals surface area contributed by atoms with E-state index in [2.05, 4.69) is 15.9 Å². The molecule has 0 heterocycles. The van der Waals surface area contributed by atoms with E-state index in [-0.39, 0.29) is 6.61 Å². The lowest BCUT2D eigenvalue weighted by molar-refractivity contribution is 0.0173. The van der Waals surface area contributed by atoms with E-state index in [9.17, 15) is 10.2 Å². The number of hydrogen-bond donors (Lipinski definition) is 3. The van der Waals surface area contributed by atoms with E-state index in [0.717, 1.165) is 5.56 Å². The van der Waals surface area contributed by atoms with E-state index in [1.165, 1.54) is 0 Å². The van der Waals surface area contributed by atoms with Crippen molar-refractivity contribution in [3.05, 3.63) is 35.4 Å². The molecule has 2 atom stereocenters. The number of alkyl halides is 1. The van der Waals surface area contributed by atoms with Gasteiger partial charge in [0.05, 0.1) is 6.10 Å². The number of aliphatic hydroxyl groups excluding tert-OH is 3. The van der Waals surface area contributed by atoms with Crippen molar-refractivity contribution in [3.8, 4) is 0 Å². The first-order chi connectivity index (χ1) is 7.69. The molecule has 0 aliphatic rings. The Morgan fingerprint density at radius 3 is 2.25 bits per heavy atom. The first kappa shape index (κ1) is 13.6. The van der Waals surface area contributed by atoms with Gasteiger partial charge in [0.15, 0.2) is 0 Å². The average Bonchev–Trinajstić information content (AvgIpc) is 2.30. The summed E-state index contributed by atoms with van der Waals surface area (Å²) < 4.78 is 0. The van der Waals surface area contributed by atoms with Crippen molar-refractivity contribution < 1.29 is 15.3 Å². The van der Waals surface area contributed by atoms with Gasteiger partial charge in [-0.3, -0.25) is 0 Å². The Kier molecular flexibility index (Phi) is 5.98. The van der Waals surface area contributed by atoms with E-state index >= 15 is 0 Å². The lowest BCUT2D eigenvalue weighted by atomic mass is 10.0. The third kappa shape index (κ3) is 3.87. The zero-order valence-corrected chi connectivity index (χ0v) is 10.6. The van der Waals surface area contributed by atoms with Gasteiger partial charge in [0, 0.05) is 11.9 Å². The fourth-order valence-electron chi connectivity index (χ4n) is 1.50. The number of hydrogen-bond acceptors (Lipinski definition) is 3. The van der Waals surface area contributed by atoms with Crippen molar-refractivity contribution in [3.63, 3.8) is 0 Å². The van der Waals surface area contributed by atoms with Gasteiger partial charge in [-0.2, -0.15) is 0 Å². The van der Waals surface area contributed by atoms with E-state index in [4.69, 9.17) is 5.11 Å². The molecular weight excluding hydrogens is 272 g/mol. The molecule has 0 aromatic heterocycles. The maximum atomic E-state index is 9.82. The molecule has 0 fully saturated rings. The van der Waals surface area contributed by atoms with Gasteiger partial charge in [-0.05, 0) is 24.0 Å². The monoisotopic (exact) mass is 288 g/mol. The molecule has 1 aromatic rings. The number of halogens is 1. The Bertz CT molecular complexity index is 300. The van der Waals surface area contributed by atoms with Crippen LogP contribution in [-0.4, -0.2) is 33.4 Å². The summed E-state index contributed by atoms with van der Waals surface area (Å²) in [5.74, 6) is 0. The summed E-state index contributed by atoms with van der Waals surface area (Å²) >= 11 is 3.22. The van der Waals surface area contributed by atoms with E-state index in [0.29, 0.717) is 23.7 Å².